The van der Waals surface area contributed by atoms with Crippen LogP contribution in [0.5, 0.6) is 0 Å². The highest BCUT2D eigenvalue weighted by atomic mass is 16.5. The number of rotatable bonds is 6. The van der Waals surface area contributed by atoms with E-state index in [4.69, 9.17) is 9.84 Å². The van der Waals surface area contributed by atoms with Gasteiger partial charge in [0.25, 0.3) is 0 Å². The third-order valence-corrected chi connectivity index (χ3v) is 3.51. The summed E-state index contributed by atoms with van der Waals surface area (Å²) < 4.78 is 5.27. The lowest BCUT2D eigenvalue weighted by atomic mass is 10.0. The molecule has 0 saturated carbocycles. The molecule has 116 valence electrons. The Kier molecular flexibility index (Phi) is 6.74. The third kappa shape index (κ3) is 5.75. The summed E-state index contributed by atoms with van der Waals surface area (Å²) in [6.45, 7) is 9.16. The highest BCUT2D eigenvalue weighted by Gasteiger charge is 2.22. The number of morpholine rings is 1. The summed E-state index contributed by atoms with van der Waals surface area (Å²) in [5.41, 5.74) is 0. The maximum absolute atomic E-state index is 11.8. The molecule has 0 aliphatic carbocycles. The number of amides is 2. The lowest BCUT2D eigenvalue weighted by molar-refractivity contribution is -0.141. The van der Waals surface area contributed by atoms with E-state index in [1.165, 1.54) is 0 Å². The van der Waals surface area contributed by atoms with Crippen LogP contribution in [-0.2, 0) is 9.53 Å². The number of urea groups is 1. The van der Waals surface area contributed by atoms with Crippen molar-refractivity contribution in [2.75, 3.05) is 32.8 Å². The minimum atomic E-state index is -0.917. The van der Waals surface area contributed by atoms with Gasteiger partial charge in [0.15, 0.2) is 0 Å². The Balaban J connectivity index is 2.28. The summed E-state index contributed by atoms with van der Waals surface area (Å²) in [5, 5.41) is 14.4. The molecule has 0 radical (unpaired) electrons. The first-order chi connectivity index (χ1) is 9.40. The van der Waals surface area contributed by atoms with Gasteiger partial charge in [0.05, 0.1) is 19.1 Å². The Morgan fingerprint density at radius 3 is 2.35 bits per heavy atom. The van der Waals surface area contributed by atoms with Gasteiger partial charge in [-0.1, -0.05) is 0 Å². The molecular weight excluding hydrogens is 262 g/mol. The number of carbonyl (C=O) groups excluding carboxylic acids is 1. The minimum absolute atomic E-state index is 0.000402. The van der Waals surface area contributed by atoms with Crippen LogP contribution in [0.4, 0.5) is 4.79 Å². The molecule has 0 bridgehead atoms. The molecule has 0 aromatic rings. The van der Waals surface area contributed by atoms with Crippen LogP contribution in [0.1, 0.15) is 20.8 Å². The molecule has 7 nitrogen and oxygen atoms in total. The molecule has 0 aromatic heterocycles. The second-order valence-electron chi connectivity index (χ2n) is 5.35. The standard InChI is InChI=1S/C13H25N3O4/c1-9(8-16-4-6-20-7-5-16)14-13(19)15-11(3)10(2)12(17)18/h9-11H,4-8H2,1-3H3,(H,17,18)(H2,14,15,19). The number of aliphatic carboxylic acids is 1. The van der Waals surface area contributed by atoms with Crippen LogP contribution in [0, 0.1) is 5.92 Å². The number of nitrogens with one attached hydrogen (secondary N) is 2. The average Bonchev–Trinajstić information content (AvgIpc) is 2.38. The molecule has 1 aliphatic heterocycles. The Morgan fingerprint density at radius 1 is 1.20 bits per heavy atom. The highest BCUT2D eigenvalue weighted by Crippen LogP contribution is 2.02. The van der Waals surface area contributed by atoms with Crippen molar-refractivity contribution in [3.8, 4) is 0 Å². The first-order valence-electron chi connectivity index (χ1n) is 7.00. The first-order valence-corrected chi connectivity index (χ1v) is 7.00. The maximum Gasteiger partial charge on any atom is 0.315 e. The van der Waals surface area contributed by atoms with Crippen molar-refractivity contribution in [1.29, 1.82) is 0 Å². The number of nitrogens with zero attached hydrogens (tertiary/aromatic N) is 1. The highest BCUT2D eigenvalue weighted by molar-refractivity contribution is 5.76. The van der Waals surface area contributed by atoms with E-state index >= 15 is 0 Å². The Morgan fingerprint density at radius 2 is 1.80 bits per heavy atom. The Hall–Kier alpha value is -1.34. The Labute approximate surface area is 119 Å². The lowest BCUT2D eigenvalue weighted by Gasteiger charge is -2.29. The summed E-state index contributed by atoms with van der Waals surface area (Å²) >= 11 is 0. The van der Waals surface area contributed by atoms with E-state index in [1.54, 1.807) is 13.8 Å². The SMILES string of the molecule is CC(CN1CCOCC1)NC(=O)NC(C)C(C)C(=O)O. The van der Waals surface area contributed by atoms with E-state index in [0.717, 1.165) is 32.8 Å². The summed E-state index contributed by atoms with van der Waals surface area (Å²) in [7, 11) is 0. The quantitative estimate of drug-likeness (QED) is 0.645. The van der Waals surface area contributed by atoms with E-state index in [0.29, 0.717) is 0 Å². The van der Waals surface area contributed by atoms with E-state index < -0.39 is 17.9 Å². The van der Waals surface area contributed by atoms with Crippen LogP contribution in [0.25, 0.3) is 0 Å². The number of hydrogen-bond donors (Lipinski definition) is 3. The van der Waals surface area contributed by atoms with Crippen molar-refractivity contribution in [3.05, 3.63) is 0 Å². The largest absolute Gasteiger partial charge is 0.481 e. The van der Waals surface area contributed by atoms with Crippen molar-refractivity contribution >= 4 is 12.0 Å². The molecule has 7 heteroatoms. The van der Waals surface area contributed by atoms with Crippen LogP contribution in [-0.4, -0.2) is 66.9 Å². The van der Waals surface area contributed by atoms with Crippen LogP contribution in [0.2, 0.25) is 0 Å². The van der Waals surface area contributed by atoms with Crippen molar-refractivity contribution in [2.45, 2.75) is 32.9 Å². The summed E-state index contributed by atoms with van der Waals surface area (Å²) in [5.74, 6) is -1.53. The fourth-order valence-electron chi connectivity index (χ4n) is 2.03. The molecule has 1 saturated heterocycles. The second-order valence-corrected chi connectivity index (χ2v) is 5.35. The van der Waals surface area contributed by atoms with E-state index in [-0.39, 0.29) is 12.1 Å². The van der Waals surface area contributed by atoms with Crippen LogP contribution < -0.4 is 10.6 Å². The number of hydrogen-bond acceptors (Lipinski definition) is 4. The summed E-state index contributed by atoms with van der Waals surface area (Å²) in [4.78, 5) is 24.8. The van der Waals surface area contributed by atoms with E-state index in [9.17, 15) is 9.59 Å². The average molecular weight is 287 g/mol. The molecule has 1 aliphatic rings. The number of carbonyl (C=O) groups is 2. The smallest absolute Gasteiger partial charge is 0.315 e. The van der Waals surface area contributed by atoms with Crippen molar-refractivity contribution < 1.29 is 19.4 Å². The van der Waals surface area contributed by atoms with Gasteiger partial charge < -0.3 is 20.5 Å². The van der Waals surface area contributed by atoms with Crippen molar-refractivity contribution in [3.63, 3.8) is 0 Å². The van der Waals surface area contributed by atoms with E-state index in [1.807, 2.05) is 6.92 Å². The fourth-order valence-corrected chi connectivity index (χ4v) is 2.03. The molecule has 0 aromatic carbocycles. The van der Waals surface area contributed by atoms with Gasteiger partial charge in [-0.25, -0.2) is 4.79 Å². The summed E-state index contributed by atoms with van der Waals surface area (Å²) in [6, 6.07) is -0.741. The molecule has 1 heterocycles. The minimum Gasteiger partial charge on any atom is -0.481 e. The number of ether oxygens (including phenoxy) is 1. The maximum atomic E-state index is 11.8. The summed E-state index contributed by atoms with van der Waals surface area (Å²) in [6.07, 6.45) is 0. The molecule has 0 spiro atoms. The normalized spacial score (nSPS) is 20.8. The number of carboxylic acids is 1. The van der Waals surface area contributed by atoms with Crippen molar-refractivity contribution in [2.24, 2.45) is 5.92 Å². The molecule has 1 rings (SSSR count). The fraction of sp³-hybridized carbons (Fsp3) is 0.846. The zero-order valence-corrected chi connectivity index (χ0v) is 12.4. The van der Waals surface area contributed by atoms with Gasteiger partial charge in [0.1, 0.15) is 0 Å². The van der Waals surface area contributed by atoms with Gasteiger partial charge in [-0.3, -0.25) is 9.69 Å². The predicted molar refractivity (Wildman–Crippen MR) is 74.7 cm³/mol. The molecular formula is C13H25N3O4. The molecule has 3 unspecified atom stereocenters. The van der Waals surface area contributed by atoms with Gasteiger partial charge in [-0.05, 0) is 20.8 Å². The zero-order chi connectivity index (χ0) is 15.1. The van der Waals surface area contributed by atoms with Gasteiger partial charge in [-0.15, -0.1) is 0 Å². The first kappa shape index (κ1) is 16.7. The van der Waals surface area contributed by atoms with Crippen LogP contribution in [0.15, 0.2) is 0 Å². The van der Waals surface area contributed by atoms with Gasteiger partial charge >= 0.3 is 12.0 Å². The molecule has 2 amide bonds. The van der Waals surface area contributed by atoms with Gasteiger partial charge in [0.2, 0.25) is 0 Å². The molecule has 20 heavy (non-hydrogen) atoms. The zero-order valence-electron chi connectivity index (χ0n) is 12.4. The molecule has 1 fully saturated rings. The third-order valence-electron chi connectivity index (χ3n) is 3.51. The van der Waals surface area contributed by atoms with E-state index in [2.05, 4.69) is 15.5 Å². The monoisotopic (exact) mass is 287 g/mol. The second kappa shape index (κ2) is 8.06. The Bertz CT molecular complexity index is 332. The predicted octanol–water partition coefficient (Wildman–Crippen LogP) is 0.116. The molecule has 3 N–H and O–H groups in total. The number of carboxylic acid groups (broad SMARTS) is 1. The van der Waals surface area contributed by atoms with Crippen molar-refractivity contribution in [1.82, 2.24) is 15.5 Å². The lowest BCUT2D eigenvalue weighted by Crippen LogP contribution is -2.51. The van der Waals surface area contributed by atoms with Gasteiger partial charge in [0, 0.05) is 31.7 Å². The van der Waals surface area contributed by atoms with Gasteiger partial charge in [-0.2, -0.15) is 0 Å². The van der Waals surface area contributed by atoms with Crippen LogP contribution in [0.3, 0.4) is 0 Å². The van der Waals surface area contributed by atoms with Crippen LogP contribution >= 0.6 is 0 Å². The molecule has 3 atom stereocenters. The topological polar surface area (TPSA) is 90.9 Å².